The molecule has 0 aliphatic carbocycles. The summed E-state index contributed by atoms with van der Waals surface area (Å²) in [6.07, 6.45) is 4.70. The van der Waals surface area contributed by atoms with Gasteiger partial charge in [-0.25, -0.2) is 15.8 Å². The lowest BCUT2D eigenvalue weighted by molar-refractivity contribution is -0.126. The van der Waals surface area contributed by atoms with Crippen LogP contribution in [0, 0.1) is 4.91 Å². The number of hydrogen-bond acceptors (Lipinski definition) is 7. The predicted octanol–water partition coefficient (Wildman–Crippen LogP) is 3.64. The standard InChI is InChI=1S/C28H33N7O3/c1-2-25(36)33-15-7-6-12-23(19-33)34-26-21(17-32-16-14-22(18-32)31-38)11-8-13-24(26)30-28(34)35(29)27(37)20-9-4-3-5-10-20/h2-5,8-11,13,22-23H,1,6-7,12,14-19,29H2/t22?,23-/m1/s1. The van der Waals surface area contributed by atoms with Crippen LogP contribution in [0.1, 0.15) is 47.6 Å². The lowest BCUT2D eigenvalue weighted by Crippen LogP contribution is -2.41. The summed E-state index contributed by atoms with van der Waals surface area (Å²) in [6.45, 7) is 6.81. The number of carbonyl (C=O) groups excluding carboxylic acids is 2. The quantitative estimate of drug-likeness (QED) is 0.169. The van der Waals surface area contributed by atoms with Crippen LogP contribution in [0.3, 0.4) is 0 Å². The number of hydrazine groups is 1. The first-order valence-corrected chi connectivity index (χ1v) is 13.1. The van der Waals surface area contributed by atoms with Crippen LogP contribution in [-0.2, 0) is 11.3 Å². The Morgan fingerprint density at radius 1 is 1.08 bits per heavy atom. The third-order valence-corrected chi connectivity index (χ3v) is 7.52. The van der Waals surface area contributed by atoms with Crippen molar-refractivity contribution in [2.24, 2.45) is 11.0 Å². The van der Waals surface area contributed by atoms with Crippen LogP contribution in [0.2, 0.25) is 0 Å². The maximum atomic E-state index is 13.4. The fourth-order valence-corrected chi connectivity index (χ4v) is 5.60. The van der Waals surface area contributed by atoms with Gasteiger partial charge in [-0.15, -0.1) is 0 Å². The Morgan fingerprint density at radius 2 is 1.89 bits per heavy atom. The second-order valence-corrected chi connectivity index (χ2v) is 10.0. The normalized spacial score (nSPS) is 20.3. The van der Waals surface area contributed by atoms with Crippen LogP contribution in [0.25, 0.3) is 11.0 Å². The van der Waals surface area contributed by atoms with Crippen molar-refractivity contribution < 1.29 is 9.59 Å². The molecule has 1 unspecified atom stereocenters. The summed E-state index contributed by atoms with van der Waals surface area (Å²) >= 11 is 0. The number of anilines is 1. The van der Waals surface area contributed by atoms with E-state index in [9.17, 15) is 14.5 Å². The minimum Gasteiger partial charge on any atom is -0.337 e. The SMILES string of the molecule is C=CC(=O)N1CCCC[C@@H](n2c(N(N)C(=O)c3ccccc3)nc3cccc(CN4CCC(N=O)C4)c32)C1. The fourth-order valence-electron chi connectivity index (χ4n) is 5.60. The third kappa shape index (κ3) is 5.09. The van der Waals surface area contributed by atoms with Crippen LogP contribution in [0.4, 0.5) is 5.95 Å². The average Bonchev–Trinajstić information content (AvgIpc) is 3.50. The van der Waals surface area contributed by atoms with Crippen molar-refractivity contribution in [3.63, 3.8) is 0 Å². The highest BCUT2D eigenvalue weighted by Gasteiger charge is 2.31. The third-order valence-electron chi connectivity index (χ3n) is 7.52. The molecule has 38 heavy (non-hydrogen) atoms. The summed E-state index contributed by atoms with van der Waals surface area (Å²) in [6, 6.07) is 14.5. The Morgan fingerprint density at radius 3 is 2.63 bits per heavy atom. The van der Waals surface area contributed by atoms with E-state index < -0.39 is 0 Å². The van der Waals surface area contributed by atoms with E-state index in [2.05, 4.69) is 22.7 Å². The van der Waals surface area contributed by atoms with Gasteiger partial charge >= 0.3 is 0 Å². The molecule has 2 N–H and O–H groups in total. The minimum absolute atomic E-state index is 0.113. The number of carbonyl (C=O) groups is 2. The van der Waals surface area contributed by atoms with Crippen molar-refractivity contribution in [1.29, 1.82) is 0 Å². The summed E-state index contributed by atoms with van der Waals surface area (Å²) in [5.41, 5.74) is 3.10. The monoisotopic (exact) mass is 515 g/mol. The molecule has 1 aromatic heterocycles. The Hall–Kier alpha value is -3.89. The first kappa shape index (κ1) is 25.7. The van der Waals surface area contributed by atoms with E-state index in [1.807, 2.05) is 27.7 Å². The van der Waals surface area contributed by atoms with Gasteiger partial charge in [0.25, 0.3) is 5.91 Å². The number of aromatic nitrogens is 2. The molecule has 3 heterocycles. The number of fused-ring (bicyclic) bond motifs is 1. The topological polar surface area (TPSA) is 117 Å². The molecule has 2 aromatic carbocycles. The van der Waals surface area contributed by atoms with Crippen molar-refractivity contribution in [2.45, 2.75) is 44.3 Å². The number of para-hydroxylation sites is 1. The predicted molar refractivity (Wildman–Crippen MR) is 146 cm³/mol. The lowest BCUT2D eigenvalue weighted by atomic mass is 10.1. The van der Waals surface area contributed by atoms with Gasteiger partial charge < -0.3 is 9.47 Å². The van der Waals surface area contributed by atoms with Gasteiger partial charge in [0.05, 0.1) is 17.1 Å². The smallest absolute Gasteiger partial charge is 0.274 e. The first-order valence-electron chi connectivity index (χ1n) is 13.1. The van der Waals surface area contributed by atoms with Crippen LogP contribution in [-0.4, -0.2) is 63.4 Å². The number of imidazole rings is 1. The van der Waals surface area contributed by atoms with Gasteiger partial charge in [-0.3, -0.25) is 14.5 Å². The molecule has 10 nitrogen and oxygen atoms in total. The largest absolute Gasteiger partial charge is 0.337 e. The van der Waals surface area contributed by atoms with Crippen molar-refractivity contribution in [2.75, 3.05) is 31.2 Å². The maximum absolute atomic E-state index is 13.4. The Balaban J connectivity index is 1.61. The highest BCUT2D eigenvalue weighted by Crippen LogP contribution is 2.34. The second-order valence-electron chi connectivity index (χ2n) is 10.0. The van der Waals surface area contributed by atoms with E-state index in [1.165, 1.54) is 6.08 Å². The van der Waals surface area contributed by atoms with E-state index >= 15 is 0 Å². The lowest BCUT2D eigenvalue weighted by Gasteiger charge is -2.28. The molecule has 2 aliphatic heterocycles. The van der Waals surface area contributed by atoms with Gasteiger partial charge in [-0.05, 0) is 55.5 Å². The number of nitrogens with two attached hydrogens (primary N) is 1. The zero-order valence-electron chi connectivity index (χ0n) is 21.4. The molecule has 3 aromatic rings. The van der Waals surface area contributed by atoms with Crippen LogP contribution in [0.15, 0.2) is 66.4 Å². The molecule has 2 aliphatic rings. The van der Waals surface area contributed by atoms with E-state index in [1.54, 1.807) is 24.3 Å². The van der Waals surface area contributed by atoms with E-state index in [0.29, 0.717) is 37.7 Å². The summed E-state index contributed by atoms with van der Waals surface area (Å²) in [7, 11) is 0. The molecule has 198 valence electrons. The summed E-state index contributed by atoms with van der Waals surface area (Å²) < 4.78 is 2.05. The van der Waals surface area contributed by atoms with Gasteiger partial charge in [0.2, 0.25) is 11.9 Å². The number of amides is 2. The van der Waals surface area contributed by atoms with Crippen molar-refractivity contribution >= 4 is 28.8 Å². The molecule has 0 radical (unpaired) electrons. The van der Waals surface area contributed by atoms with Crippen LogP contribution < -0.4 is 10.9 Å². The number of likely N-dealkylation sites (tertiary alicyclic amines) is 2. The second kappa shape index (κ2) is 11.2. The molecule has 2 saturated heterocycles. The Labute approximate surface area is 221 Å². The van der Waals surface area contributed by atoms with Crippen LogP contribution in [0.5, 0.6) is 0 Å². The number of benzene rings is 2. The Kier molecular flexibility index (Phi) is 7.62. The zero-order chi connectivity index (χ0) is 26.6. The van der Waals surface area contributed by atoms with Crippen molar-refractivity contribution in [1.82, 2.24) is 19.4 Å². The number of nitrogens with zero attached hydrogens (tertiary/aromatic N) is 6. The molecule has 2 atom stereocenters. The van der Waals surface area contributed by atoms with Crippen LogP contribution >= 0.6 is 0 Å². The molecule has 0 bridgehead atoms. The van der Waals surface area contributed by atoms with E-state index in [0.717, 1.165) is 53.8 Å². The maximum Gasteiger partial charge on any atom is 0.274 e. The molecule has 10 heteroatoms. The number of rotatable bonds is 7. The highest BCUT2D eigenvalue weighted by molar-refractivity contribution is 6.05. The Bertz CT molecular complexity index is 1340. The van der Waals surface area contributed by atoms with Gasteiger partial charge in [-0.1, -0.05) is 42.1 Å². The van der Waals surface area contributed by atoms with Gasteiger partial charge in [0.1, 0.15) is 6.04 Å². The highest BCUT2D eigenvalue weighted by atomic mass is 16.3. The molecule has 2 fully saturated rings. The van der Waals surface area contributed by atoms with Gasteiger partial charge in [0, 0.05) is 38.3 Å². The molecule has 5 rings (SSSR count). The summed E-state index contributed by atoms with van der Waals surface area (Å²) in [5, 5.41) is 4.35. The molecule has 0 spiro atoms. The molecule has 2 amide bonds. The van der Waals surface area contributed by atoms with Gasteiger partial charge in [-0.2, -0.15) is 4.91 Å². The summed E-state index contributed by atoms with van der Waals surface area (Å²) in [4.78, 5) is 46.0. The molecular formula is C28H33N7O3. The van der Waals surface area contributed by atoms with E-state index in [-0.39, 0.29) is 23.9 Å². The number of nitroso groups, excluding NO2 is 1. The average molecular weight is 516 g/mol. The molecule has 0 saturated carbocycles. The first-order chi connectivity index (χ1) is 18.5. The van der Waals surface area contributed by atoms with E-state index in [4.69, 9.17) is 10.8 Å². The fraction of sp³-hybridized carbons (Fsp3) is 0.393. The summed E-state index contributed by atoms with van der Waals surface area (Å²) in [5.74, 6) is 6.36. The van der Waals surface area contributed by atoms with Crippen molar-refractivity contribution in [3.8, 4) is 0 Å². The number of hydrogen-bond donors (Lipinski definition) is 1. The zero-order valence-corrected chi connectivity index (χ0v) is 21.4. The van der Waals surface area contributed by atoms with Crippen molar-refractivity contribution in [3.05, 3.63) is 77.2 Å². The van der Waals surface area contributed by atoms with Gasteiger partial charge in [0.15, 0.2) is 0 Å². The minimum atomic E-state index is -0.365. The molecular weight excluding hydrogens is 482 g/mol.